The third-order valence-electron chi connectivity index (χ3n) is 3.18. The molecule has 0 bridgehead atoms. The van der Waals surface area contributed by atoms with Crippen molar-refractivity contribution in [1.29, 1.82) is 0 Å². The third-order valence-corrected chi connectivity index (χ3v) is 3.18. The summed E-state index contributed by atoms with van der Waals surface area (Å²) in [6.45, 7) is 9.55. The minimum absolute atomic E-state index is 0.0374. The number of nitrogens with one attached hydrogen (secondary N) is 2. The Labute approximate surface area is 110 Å². The van der Waals surface area contributed by atoms with Crippen molar-refractivity contribution in [3.8, 4) is 0 Å². The van der Waals surface area contributed by atoms with Crippen LogP contribution in [0, 0.1) is 13.8 Å². The second kappa shape index (κ2) is 6.01. The lowest BCUT2D eigenvalue weighted by Crippen LogP contribution is -2.40. The highest BCUT2D eigenvalue weighted by Crippen LogP contribution is 2.26. The van der Waals surface area contributed by atoms with E-state index in [0.717, 1.165) is 0 Å². The van der Waals surface area contributed by atoms with Crippen LogP contribution in [0.2, 0.25) is 0 Å². The van der Waals surface area contributed by atoms with Gasteiger partial charge in [-0.15, -0.1) is 0 Å². The highest BCUT2D eigenvalue weighted by Gasteiger charge is 2.22. The zero-order valence-corrected chi connectivity index (χ0v) is 12.1. The summed E-state index contributed by atoms with van der Waals surface area (Å²) in [5.74, 6) is 0.0374. The number of carbonyl (C=O) groups excluding carboxylic acids is 1. The number of hydrogen-bond acceptors (Lipinski definition) is 2. The van der Waals surface area contributed by atoms with Crippen molar-refractivity contribution in [1.82, 2.24) is 10.6 Å². The monoisotopic (exact) mass is 248 g/mol. The Bertz CT molecular complexity index is 425. The van der Waals surface area contributed by atoms with Gasteiger partial charge in [-0.25, -0.2) is 0 Å². The molecule has 18 heavy (non-hydrogen) atoms. The second-order valence-corrected chi connectivity index (χ2v) is 5.51. The Kier molecular flexibility index (Phi) is 4.91. The number of hydrogen-bond donors (Lipinski definition) is 2. The lowest BCUT2D eigenvalue weighted by atomic mass is 9.81. The van der Waals surface area contributed by atoms with E-state index in [2.05, 4.69) is 56.5 Å². The number of amides is 1. The maximum atomic E-state index is 11.5. The van der Waals surface area contributed by atoms with Gasteiger partial charge in [0.25, 0.3) is 0 Å². The predicted octanol–water partition coefficient (Wildman–Crippen LogP) is 1.92. The smallest absolute Gasteiger partial charge is 0.233 e. The summed E-state index contributed by atoms with van der Waals surface area (Å²) >= 11 is 0. The summed E-state index contributed by atoms with van der Waals surface area (Å²) in [4.78, 5) is 11.5. The van der Waals surface area contributed by atoms with Gasteiger partial charge in [-0.1, -0.05) is 37.6 Å². The first-order valence-corrected chi connectivity index (χ1v) is 6.36. The summed E-state index contributed by atoms with van der Waals surface area (Å²) in [7, 11) is 1.77. The molecule has 2 N–H and O–H groups in total. The molecule has 0 heterocycles. The van der Waals surface area contributed by atoms with E-state index in [-0.39, 0.29) is 11.3 Å². The maximum absolute atomic E-state index is 11.5. The molecule has 0 saturated carbocycles. The largest absolute Gasteiger partial charge is 0.354 e. The predicted molar refractivity (Wildman–Crippen MR) is 75.9 cm³/mol. The molecule has 0 spiro atoms. The van der Waals surface area contributed by atoms with Crippen molar-refractivity contribution < 1.29 is 4.79 Å². The number of likely N-dealkylation sites (N-methyl/N-ethyl adjacent to an activating group) is 1. The fourth-order valence-corrected chi connectivity index (χ4v) is 2.21. The second-order valence-electron chi connectivity index (χ2n) is 5.51. The molecule has 0 fully saturated rings. The average Bonchev–Trinajstić information content (AvgIpc) is 2.26. The first kappa shape index (κ1) is 14.7. The van der Waals surface area contributed by atoms with Crippen LogP contribution in [0.15, 0.2) is 18.2 Å². The minimum atomic E-state index is -0.0544. The fourth-order valence-electron chi connectivity index (χ4n) is 2.21. The van der Waals surface area contributed by atoms with Crippen molar-refractivity contribution >= 4 is 5.91 Å². The van der Waals surface area contributed by atoms with Crippen molar-refractivity contribution in [2.45, 2.75) is 33.1 Å². The van der Waals surface area contributed by atoms with Crippen LogP contribution in [0.4, 0.5) is 0 Å². The molecule has 0 aromatic heterocycles. The molecular formula is C15H24N2O. The third kappa shape index (κ3) is 3.84. The zero-order valence-electron chi connectivity index (χ0n) is 12.1. The molecule has 0 saturated heterocycles. The standard InChI is InChI=1S/C15H24N2O/c1-11-6-7-13(12(2)8-11)15(3,4)10-17-14(18)9-16-5/h6-8,16H,9-10H2,1-5H3,(H,17,18). The summed E-state index contributed by atoms with van der Waals surface area (Å²) in [5.41, 5.74) is 3.79. The Hall–Kier alpha value is -1.35. The summed E-state index contributed by atoms with van der Waals surface area (Å²) < 4.78 is 0. The lowest BCUT2D eigenvalue weighted by Gasteiger charge is -2.27. The van der Waals surface area contributed by atoms with Crippen LogP contribution in [0.5, 0.6) is 0 Å². The van der Waals surface area contributed by atoms with Crippen molar-refractivity contribution in [2.24, 2.45) is 0 Å². The molecule has 3 nitrogen and oxygen atoms in total. The summed E-state index contributed by atoms with van der Waals surface area (Å²) in [6, 6.07) is 6.47. The number of benzene rings is 1. The highest BCUT2D eigenvalue weighted by molar-refractivity contribution is 5.78. The van der Waals surface area contributed by atoms with E-state index >= 15 is 0 Å². The van der Waals surface area contributed by atoms with E-state index < -0.39 is 0 Å². The number of carbonyl (C=O) groups is 1. The van der Waals surface area contributed by atoms with Crippen molar-refractivity contribution in [3.63, 3.8) is 0 Å². The first-order chi connectivity index (χ1) is 8.36. The van der Waals surface area contributed by atoms with E-state index in [9.17, 15) is 4.79 Å². The van der Waals surface area contributed by atoms with Gasteiger partial charge in [-0.2, -0.15) is 0 Å². The van der Waals surface area contributed by atoms with Gasteiger partial charge in [0, 0.05) is 12.0 Å². The number of rotatable bonds is 5. The highest BCUT2D eigenvalue weighted by atomic mass is 16.1. The Morgan fingerprint density at radius 2 is 1.94 bits per heavy atom. The quantitative estimate of drug-likeness (QED) is 0.836. The van der Waals surface area contributed by atoms with E-state index in [1.54, 1.807) is 7.05 Å². The molecule has 0 atom stereocenters. The van der Waals surface area contributed by atoms with Gasteiger partial charge in [0.2, 0.25) is 5.91 Å². The van der Waals surface area contributed by atoms with E-state index in [4.69, 9.17) is 0 Å². The summed E-state index contributed by atoms with van der Waals surface area (Å²) in [6.07, 6.45) is 0. The van der Waals surface area contributed by atoms with Crippen molar-refractivity contribution in [3.05, 3.63) is 34.9 Å². The minimum Gasteiger partial charge on any atom is -0.354 e. The molecule has 1 aromatic carbocycles. The molecule has 0 aliphatic rings. The fraction of sp³-hybridized carbons (Fsp3) is 0.533. The van der Waals surface area contributed by atoms with E-state index in [0.29, 0.717) is 13.1 Å². The molecule has 1 aromatic rings. The molecule has 0 aliphatic carbocycles. The van der Waals surface area contributed by atoms with Crippen molar-refractivity contribution in [2.75, 3.05) is 20.1 Å². The van der Waals surface area contributed by atoms with Gasteiger partial charge >= 0.3 is 0 Å². The first-order valence-electron chi connectivity index (χ1n) is 6.36. The zero-order chi connectivity index (χ0) is 13.8. The van der Waals surface area contributed by atoms with E-state index in [1.807, 2.05) is 0 Å². The van der Waals surface area contributed by atoms with Gasteiger partial charge in [0.1, 0.15) is 0 Å². The average molecular weight is 248 g/mol. The van der Waals surface area contributed by atoms with Crippen LogP contribution in [0.25, 0.3) is 0 Å². The summed E-state index contributed by atoms with van der Waals surface area (Å²) in [5, 5.41) is 5.81. The molecule has 1 amide bonds. The van der Waals surface area contributed by atoms with Crippen LogP contribution in [0.3, 0.4) is 0 Å². The Morgan fingerprint density at radius 3 is 2.50 bits per heavy atom. The van der Waals surface area contributed by atoms with Crippen LogP contribution in [-0.4, -0.2) is 26.0 Å². The van der Waals surface area contributed by atoms with Gasteiger partial charge in [-0.3, -0.25) is 4.79 Å². The molecular weight excluding hydrogens is 224 g/mol. The van der Waals surface area contributed by atoms with Gasteiger partial charge in [-0.05, 0) is 32.0 Å². The van der Waals surface area contributed by atoms with Crippen LogP contribution in [0.1, 0.15) is 30.5 Å². The topological polar surface area (TPSA) is 41.1 Å². The maximum Gasteiger partial charge on any atom is 0.233 e. The van der Waals surface area contributed by atoms with Gasteiger partial charge in [0.05, 0.1) is 6.54 Å². The SMILES string of the molecule is CNCC(=O)NCC(C)(C)c1ccc(C)cc1C. The van der Waals surface area contributed by atoms with Gasteiger partial charge in [0.15, 0.2) is 0 Å². The number of aryl methyl sites for hydroxylation is 2. The Balaban J connectivity index is 2.76. The van der Waals surface area contributed by atoms with Gasteiger partial charge < -0.3 is 10.6 Å². The molecule has 1 rings (SSSR count). The van der Waals surface area contributed by atoms with E-state index in [1.165, 1.54) is 16.7 Å². The normalized spacial score (nSPS) is 11.4. The lowest BCUT2D eigenvalue weighted by molar-refractivity contribution is -0.120. The molecule has 0 aliphatic heterocycles. The molecule has 0 unspecified atom stereocenters. The molecule has 3 heteroatoms. The Morgan fingerprint density at radius 1 is 1.28 bits per heavy atom. The van der Waals surface area contributed by atoms with Crippen LogP contribution < -0.4 is 10.6 Å². The molecule has 0 radical (unpaired) electrons. The van der Waals surface area contributed by atoms with Crippen LogP contribution >= 0.6 is 0 Å². The molecule has 100 valence electrons. The van der Waals surface area contributed by atoms with Crippen LogP contribution in [-0.2, 0) is 10.2 Å².